The summed E-state index contributed by atoms with van der Waals surface area (Å²) in [5, 5.41) is -0.0871. The predicted molar refractivity (Wildman–Crippen MR) is 51.4 cm³/mol. The van der Waals surface area contributed by atoms with E-state index in [1.165, 1.54) is 12.3 Å². The molecule has 0 saturated heterocycles. The molecular weight excluding hydrogens is 220 g/mol. The summed E-state index contributed by atoms with van der Waals surface area (Å²) in [5.41, 5.74) is 1.01. The number of pyridine rings is 1. The van der Waals surface area contributed by atoms with Crippen LogP contribution in [0.1, 0.15) is 16.1 Å². The first-order valence-electron chi connectivity index (χ1n) is 2.93. The van der Waals surface area contributed by atoms with E-state index in [1.54, 1.807) is 6.92 Å². The average Bonchev–Trinajstić information content (AvgIpc) is 1.94. The van der Waals surface area contributed by atoms with Crippen LogP contribution in [0.2, 0.25) is 5.02 Å². The van der Waals surface area contributed by atoms with E-state index in [4.69, 9.17) is 23.2 Å². The number of hydrogen-bond donors (Lipinski definition) is 0. The lowest BCUT2D eigenvalue weighted by Gasteiger charge is -1.96. The highest BCUT2D eigenvalue weighted by atomic mass is 35.5. The standard InChI is InChI=1S/C7H5Cl2NO.ClH/c1-4-3-10-6(7(9)11)2-5(4)8;/h2-3H,1H3;1H. The molecule has 0 aliphatic heterocycles. The zero-order valence-electron chi connectivity index (χ0n) is 6.17. The van der Waals surface area contributed by atoms with Crippen molar-refractivity contribution in [2.24, 2.45) is 0 Å². The van der Waals surface area contributed by atoms with Crippen LogP contribution in [0.5, 0.6) is 0 Å². The van der Waals surface area contributed by atoms with Gasteiger partial charge < -0.3 is 0 Å². The number of nitrogens with zero attached hydrogens (tertiary/aromatic N) is 1. The highest BCUT2D eigenvalue weighted by molar-refractivity contribution is 6.67. The van der Waals surface area contributed by atoms with Crippen molar-refractivity contribution >= 4 is 40.9 Å². The van der Waals surface area contributed by atoms with Crippen LogP contribution < -0.4 is 0 Å². The molecule has 0 aliphatic carbocycles. The van der Waals surface area contributed by atoms with Crippen molar-refractivity contribution in [1.29, 1.82) is 0 Å². The minimum atomic E-state index is -0.591. The molecule has 5 heteroatoms. The van der Waals surface area contributed by atoms with Crippen LogP contribution in [0.4, 0.5) is 0 Å². The fraction of sp³-hybridized carbons (Fsp3) is 0.143. The van der Waals surface area contributed by atoms with Gasteiger partial charge in [0.25, 0.3) is 5.24 Å². The smallest absolute Gasteiger partial charge is 0.270 e. The molecule has 0 unspecified atom stereocenters. The van der Waals surface area contributed by atoms with Crippen molar-refractivity contribution in [3.8, 4) is 0 Å². The highest BCUT2D eigenvalue weighted by Gasteiger charge is 2.04. The monoisotopic (exact) mass is 225 g/mol. The normalized spacial score (nSPS) is 8.92. The molecule has 1 heterocycles. The van der Waals surface area contributed by atoms with Gasteiger partial charge in [-0.2, -0.15) is 0 Å². The lowest BCUT2D eigenvalue weighted by atomic mass is 10.3. The Balaban J connectivity index is 0.00000121. The second kappa shape index (κ2) is 4.65. The first-order valence-corrected chi connectivity index (χ1v) is 3.69. The Labute approximate surface area is 86.3 Å². The van der Waals surface area contributed by atoms with E-state index in [0.717, 1.165) is 5.56 Å². The second-order valence-corrected chi connectivity index (χ2v) is 2.84. The average molecular weight is 226 g/mol. The maximum Gasteiger partial charge on any atom is 0.270 e. The molecule has 1 aromatic heterocycles. The summed E-state index contributed by atoms with van der Waals surface area (Å²) < 4.78 is 0. The van der Waals surface area contributed by atoms with Crippen LogP contribution in [0.25, 0.3) is 0 Å². The van der Waals surface area contributed by atoms with Gasteiger partial charge in [0.2, 0.25) is 0 Å². The zero-order chi connectivity index (χ0) is 8.43. The van der Waals surface area contributed by atoms with Crippen LogP contribution in [0, 0.1) is 6.92 Å². The van der Waals surface area contributed by atoms with Crippen molar-refractivity contribution in [2.45, 2.75) is 6.92 Å². The maximum atomic E-state index is 10.6. The lowest BCUT2D eigenvalue weighted by Crippen LogP contribution is -1.93. The van der Waals surface area contributed by atoms with Crippen molar-refractivity contribution < 1.29 is 4.79 Å². The van der Waals surface area contributed by atoms with Gasteiger partial charge in [0.15, 0.2) is 0 Å². The van der Waals surface area contributed by atoms with Crippen molar-refractivity contribution in [3.63, 3.8) is 0 Å². The first kappa shape index (κ1) is 11.7. The Morgan fingerprint density at radius 3 is 2.58 bits per heavy atom. The topological polar surface area (TPSA) is 30.0 Å². The summed E-state index contributed by atoms with van der Waals surface area (Å²) in [6, 6.07) is 1.45. The largest absolute Gasteiger partial charge is 0.274 e. The van der Waals surface area contributed by atoms with Crippen LogP contribution in [0.15, 0.2) is 12.3 Å². The molecule has 0 spiro atoms. The van der Waals surface area contributed by atoms with Gasteiger partial charge in [0.05, 0.1) is 0 Å². The molecule has 0 fully saturated rings. The van der Waals surface area contributed by atoms with E-state index in [9.17, 15) is 4.79 Å². The van der Waals surface area contributed by atoms with E-state index >= 15 is 0 Å². The van der Waals surface area contributed by atoms with Gasteiger partial charge in [-0.15, -0.1) is 12.4 Å². The van der Waals surface area contributed by atoms with Gasteiger partial charge >= 0.3 is 0 Å². The molecular formula is C7H6Cl3NO. The highest BCUT2D eigenvalue weighted by Crippen LogP contribution is 2.15. The number of carbonyl (C=O) groups is 1. The van der Waals surface area contributed by atoms with Gasteiger partial charge in [-0.3, -0.25) is 9.78 Å². The third-order valence-corrected chi connectivity index (χ3v) is 1.84. The Bertz CT molecular complexity index is 301. The third kappa shape index (κ3) is 2.63. The Morgan fingerprint density at radius 1 is 1.58 bits per heavy atom. The minimum Gasteiger partial charge on any atom is -0.274 e. The number of carbonyl (C=O) groups excluding carboxylic acids is 1. The van der Waals surface area contributed by atoms with Crippen molar-refractivity contribution in [1.82, 2.24) is 4.98 Å². The summed E-state index contributed by atoms with van der Waals surface area (Å²) in [5.74, 6) is 0. The predicted octanol–water partition coefficient (Wildman–Crippen LogP) is 2.84. The number of rotatable bonds is 1. The number of hydrogen-bond acceptors (Lipinski definition) is 2. The van der Waals surface area contributed by atoms with E-state index < -0.39 is 5.24 Å². The first-order chi connectivity index (χ1) is 5.11. The van der Waals surface area contributed by atoms with Gasteiger partial charge in [-0.25, -0.2) is 0 Å². The molecule has 0 aliphatic rings. The molecule has 0 amide bonds. The molecule has 66 valence electrons. The quantitative estimate of drug-likeness (QED) is 0.689. The van der Waals surface area contributed by atoms with Crippen LogP contribution >= 0.6 is 35.6 Å². The molecule has 0 N–H and O–H groups in total. The molecule has 12 heavy (non-hydrogen) atoms. The zero-order valence-corrected chi connectivity index (χ0v) is 8.50. The van der Waals surface area contributed by atoms with Gasteiger partial charge in [0.1, 0.15) is 5.69 Å². The fourth-order valence-corrected chi connectivity index (χ4v) is 0.862. The van der Waals surface area contributed by atoms with Crippen molar-refractivity contribution in [2.75, 3.05) is 0 Å². The second-order valence-electron chi connectivity index (χ2n) is 2.09. The maximum absolute atomic E-state index is 10.6. The molecule has 0 bridgehead atoms. The number of halogens is 3. The number of aryl methyl sites for hydroxylation is 1. The van der Waals surface area contributed by atoms with E-state index in [1.807, 2.05) is 0 Å². The summed E-state index contributed by atoms with van der Waals surface area (Å²) in [6.45, 7) is 1.80. The summed E-state index contributed by atoms with van der Waals surface area (Å²) >= 11 is 10.9. The van der Waals surface area contributed by atoms with E-state index in [-0.39, 0.29) is 18.1 Å². The van der Waals surface area contributed by atoms with Crippen LogP contribution in [0.3, 0.4) is 0 Å². The molecule has 0 saturated carbocycles. The molecule has 0 radical (unpaired) electrons. The molecule has 1 aromatic rings. The SMILES string of the molecule is Cc1cnc(C(=O)Cl)cc1Cl.Cl. The van der Waals surface area contributed by atoms with Crippen LogP contribution in [-0.2, 0) is 0 Å². The fourth-order valence-electron chi connectivity index (χ4n) is 0.607. The van der Waals surface area contributed by atoms with Gasteiger partial charge in [-0.05, 0) is 30.2 Å². The summed E-state index contributed by atoms with van der Waals surface area (Å²) in [6.07, 6.45) is 1.51. The summed E-state index contributed by atoms with van der Waals surface area (Å²) in [4.78, 5) is 14.3. The molecule has 0 aromatic carbocycles. The third-order valence-electron chi connectivity index (χ3n) is 1.24. The van der Waals surface area contributed by atoms with E-state index in [2.05, 4.69) is 4.98 Å². The molecule has 1 rings (SSSR count). The number of aromatic nitrogens is 1. The minimum absolute atomic E-state index is 0. The lowest BCUT2D eigenvalue weighted by molar-refractivity contribution is 0.107. The van der Waals surface area contributed by atoms with Crippen LogP contribution in [-0.4, -0.2) is 10.2 Å². The van der Waals surface area contributed by atoms with Crippen molar-refractivity contribution in [3.05, 3.63) is 28.5 Å². The molecule has 2 nitrogen and oxygen atoms in total. The summed E-state index contributed by atoms with van der Waals surface area (Å²) in [7, 11) is 0. The molecule has 0 atom stereocenters. The van der Waals surface area contributed by atoms with E-state index in [0.29, 0.717) is 5.02 Å². The Morgan fingerprint density at radius 2 is 2.17 bits per heavy atom. The van der Waals surface area contributed by atoms with Gasteiger partial charge in [0, 0.05) is 11.2 Å². The Kier molecular flexibility index (Phi) is 4.53. The van der Waals surface area contributed by atoms with Gasteiger partial charge in [-0.1, -0.05) is 11.6 Å². The Hall–Kier alpha value is -0.310.